The predicted octanol–water partition coefficient (Wildman–Crippen LogP) is 4.41. The molecule has 0 saturated carbocycles. The quantitative estimate of drug-likeness (QED) is 0.881. The van der Waals surface area contributed by atoms with Crippen molar-refractivity contribution in [2.45, 2.75) is 27.2 Å². The fourth-order valence-corrected chi connectivity index (χ4v) is 2.32. The van der Waals surface area contributed by atoms with E-state index in [0.29, 0.717) is 16.7 Å². The van der Waals surface area contributed by atoms with E-state index in [1.807, 2.05) is 32.9 Å². The third-order valence-electron chi connectivity index (χ3n) is 2.74. The van der Waals surface area contributed by atoms with Crippen LogP contribution in [0.3, 0.4) is 0 Å². The van der Waals surface area contributed by atoms with Crippen LogP contribution in [0, 0.1) is 13.8 Å². The highest BCUT2D eigenvalue weighted by molar-refractivity contribution is 6.30. The molecular formula is C14H16Cl2N4O. The van der Waals surface area contributed by atoms with E-state index in [2.05, 4.69) is 20.3 Å². The van der Waals surface area contributed by atoms with Gasteiger partial charge in [0.05, 0.1) is 0 Å². The number of benzene rings is 1. The van der Waals surface area contributed by atoms with Gasteiger partial charge in [-0.15, -0.1) is 0 Å². The van der Waals surface area contributed by atoms with E-state index in [1.54, 1.807) is 0 Å². The number of aromatic nitrogens is 3. The minimum absolute atomic E-state index is 0.0860. The van der Waals surface area contributed by atoms with Crippen molar-refractivity contribution in [2.24, 2.45) is 0 Å². The van der Waals surface area contributed by atoms with E-state index >= 15 is 0 Å². The molecule has 0 unspecified atom stereocenters. The van der Waals surface area contributed by atoms with Gasteiger partial charge in [0.2, 0.25) is 11.2 Å². The summed E-state index contributed by atoms with van der Waals surface area (Å²) in [5.41, 5.74) is 1.80. The Morgan fingerprint density at radius 1 is 1.10 bits per heavy atom. The summed E-state index contributed by atoms with van der Waals surface area (Å²) in [6.07, 6.45) is 0.953. The highest BCUT2D eigenvalue weighted by atomic mass is 35.5. The van der Waals surface area contributed by atoms with Crippen molar-refractivity contribution in [3.63, 3.8) is 0 Å². The molecule has 0 radical (unpaired) electrons. The number of rotatable bonds is 5. The van der Waals surface area contributed by atoms with Crippen molar-refractivity contribution in [1.29, 1.82) is 0 Å². The molecule has 0 aliphatic rings. The second-order valence-electron chi connectivity index (χ2n) is 4.61. The molecule has 0 fully saturated rings. The molecule has 0 saturated heterocycles. The number of ether oxygens (including phenoxy) is 1. The molecule has 21 heavy (non-hydrogen) atoms. The maximum absolute atomic E-state index is 6.00. The van der Waals surface area contributed by atoms with Gasteiger partial charge in [0.25, 0.3) is 0 Å². The number of nitrogens with zero attached hydrogens (tertiary/aromatic N) is 3. The highest BCUT2D eigenvalue weighted by Crippen LogP contribution is 2.30. The lowest BCUT2D eigenvalue weighted by atomic mass is 10.1. The summed E-state index contributed by atoms with van der Waals surface area (Å²) in [6, 6.07) is 3.80. The lowest BCUT2D eigenvalue weighted by molar-refractivity contribution is 0.434. The molecule has 1 heterocycles. The average Bonchev–Trinajstić information content (AvgIpc) is 2.40. The first-order valence-electron chi connectivity index (χ1n) is 6.59. The van der Waals surface area contributed by atoms with E-state index in [1.165, 1.54) is 0 Å². The van der Waals surface area contributed by atoms with Gasteiger partial charge >= 0.3 is 6.01 Å². The van der Waals surface area contributed by atoms with Crippen LogP contribution in [-0.2, 0) is 0 Å². The minimum Gasteiger partial charge on any atom is -0.424 e. The van der Waals surface area contributed by atoms with Crippen LogP contribution in [0.5, 0.6) is 11.8 Å². The largest absolute Gasteiger partial charge is 0.424 e. The van der Waals surface area contributed by atoms with Crippen LogP contribution in [0.15, 0.2) is 12.1 Å². The second-order valence-corrected chi connectivity index (χ2v) is 5.38. The summed E-state index contributed by atoms with van der Waals surface area (Å²) in [5.74, 6) is 1.07. The zero-order valence-corrected chi connectivity index (χ0v) is 13.6. The molecule has 0 bridgehead atoms. The Morgan fingerprint density at radius 2 is 1.76 bits per heavy atom. The van der Waals surface area contributed by atoms with Crippen LogP contribution in [0.2, 0.25) is 10.3 Å². The van der Waals surface area contributed by atoms with Crippen LogP contribution < -0.4 is 10.1 Å². The Morgan fingerprint density at radius 3 is 2.38 bits per heavy atom. The predicted molar refractivity (Wildman–Crippen MR) is 84.6 cm³/mol. The average molecular weight is 327 g/mol. The van der Waals surface area contributed by atoms with E-state index < -0.39 is 0 Å². The van der Waals surface area contributed by atoms with E-state index in [0.717, 1.165) is 24.1 Å². The molecule has 0 aliphatic heterocycles. The standard InChI is InChI=1S/C14H16Cl2N4O/c1-4-5-17-13-18-12(16)19-14(20-13)21-11-8(2)6-10(15)7-9(11)3/h6-7H,4-5H2,1-3H3,(H,17,18,19,20). The van der Waals surface area contributed by atoms with Crippen LogP contribution in [0.4, 0.5) is 5.95 Å². The van der Waals surface area contributed by atoms with Gasteiger partial charge in [-0.1, -0.05) is 18.5 Å². The maximum atomic E-state index is 6.00. The Hall–Kier alpha value is -1.59. The molecular weight excluding hydrogens is 311 g/mol. The second kappa shape index (κ2) is 6.91. The van der Waals surface area contributed by atoms with E-state index in [9.17, 15) is 0 Å². The molecule has 1 N–H and O–H groups in total. The lowest BCUT2D eigenvalue weighted by Crippen LogP contribution is -2.06. The number of nitrogens with one attached hydrogen (secondary N) is 1. The summed E-state index contributed by atoms with van der Waals surface area (Å²) < 4.78 is 5.75. The first-order valence-corrected chi connectivity index (χ1v) is 7.35. The van der Waals surface area contributed by atoms with Gasteiger partial charge in [0, 0.05) is 11.6 Å². The molecule has 2 rings (SSSR count). The molecule has 0 amide bonds. The van der Waals surface area contributed by atoms with Crippen molar-refractivity contribution >= 4 is 29.2 Å². The van der Waals surface area contributed by atoms with Gasteiger partial charge in [0.15, 0.2) is 0 Å². The number of halogens is 2. The van der Waals surface area contributed by atoms with Gasteiger partial charge in [-0.05, 0) is 55.1 Å². The Kier molecular flexibility index (Phi) is 5.20. The normalized spacial score (nSPS) is 10.5. The van der Waals surface area contributed by atoms with E-state index in [4.69, 9.17) is 27.9 Å². The Labute approximate surface area is 133 Å². The van der Waals surface area contributed by atoms with Crippen LogP contribution in [-0.4, -0.2) is 21.5 Å². The van der Waals surface area contributed by atoms with Crippen LogP contribution in [0.25, 0.3) is 0 Å². The summed E-state index contributed by atoms with van der Waals surface area (Å²) in [4.78, 5) is 12.2. The zero-order chi connectivity index (χ0) is 15.4. The lowest BCUT2D eigenvalue weighted by Gasteiger charge is -2.11. The fourth-order valence-electron chi connectivity index (χ4n) is 1.84. The molecule has 0 atom stereocenters. The smallest absolute Gasteiger partial charge is 0.328 e. The van der Waals surface area contributed by atoms with Gasteiger partial charge in [-0.3, -0.25) is 0 Å². The highest BCUT2D eigenvalue weighted by Gasteiger charge is 2.11. The summed E-state index contributed by atoms with van der Waals surface area (Å²) in [5, 5.41) is 3.80. The first kappa shape index (κ1) is 15.8. The van der Waals surface area contributed by atoms with Gasteiger partial charge in [-0.25, -0.2) is 0 Å². The van der Waals surface area contributed by atoms with Crippen molar-refractivity contribution < 1.29 is 4.74 Å². The fraction of sp³-hybridized carbons (Fsp3) is 0.357. The molecule has 112 valence electrons. The zero-order valence-electron chi connectivity index (χ0n) is 12.1. The molecule has 0 aliphatic carbocycles. The third-order valence-corrected chi connectivity index (χ3v) is 3.13. The molecule has 2 aromatic rings. The monoisotopic (exact) mass is 326 g/mol. The Bertz CT molecular complexity index is 626. The SMILES string of the molecule is CCCNc1nc(Cl)nc(Oc2c(C)cc(Cl)cc2C)n1. The third kappa shape index (κ3) is 4.19. The molecule has 7 heteroatoms. The van der Waals surface area contributed by atoms with Crippen LogP contribution >= 0.6 is 23.2 Å². The number of aryl methyl sites for hydroxylation is 2. The van der Waals surface area contributed by atoms with Crippen molar-refractivity contribution in [2.75, 3.05) is 11.9 Å². The summed E-state index contributed by atoms with van der Waals surface area (Å²) in [7, 11) is 0. The van der Waals surface area contributed by atoms with E-state index in [-0.39, 0.29) is 11.3 Å². The van der Waals surface area contributed by atoms with Crippen LogP contribution in [0.1, 0.15) is 24.5 Å². The number of anilines is 1. The first-order chi connectivity index (χ1) is 9.99. The van der Waals surface area contributed by atoms with Crippen molar-refractivity contribution in [3.8, 4) is 11.8 Å². The Balaban J connectivity index is 2.29. The minimum atomic E-state index is 0.0860. The molecule has 5 nitrogen and oxygen atoms in total. The summed E-state index contributed by atoms with van der Waals surface area (Å²) in [6.45, 7) is 6.62. The van der Waals surface area contributed by atoms with Crippen molar-refractivity contribution in [3.05, 3.63) is 33.6 Å². The maximum Gasteiger partial charge on any atom is 0.328 e. The molecule has 0 spiro atoms. The summed E-state index contributed by atoms with van der Waals surface area (Å²) >= 11 is 11.9. The topological polar surface area (TPSA) is 59.9 Å². The van der Waals surface area contributed by atoms with Gasteiger partial charge in [0.1, 0.15) is 5.75 Å². The van der Waals surface area contributed by atoms with Crippen molar-refractivity contribution in [1.82, 2.24) is 15.0 Å². The molecule has 1 aromatic heterocycles. The van der Waals surface area contributed by atoms with Gasteiger partial charge < -0.3 is 10.1 Å². The number of hydrogen-bond donors (Lipinski definition) is 1. The van der Waals surface area contributed by atoms with Gasteiger partial charge in [-0.2, -0.15) is 15.0 Å². The number of hydrogen-bond acceptors (Lipinski definition) is 5. The molecule has 1 aromatic carbocycles.